The van der Waals surface area contributed by atoms with Gasteiger partial charge in [-0.15, -0.1) is 0 Å². The van der Waals surface area contributed by atoms with Gasteiger partial charge in [-0.25, -0.2) is 0 Å². The maximum Gasteiger partial charge on any atom is 0.247 e. The van der Waals surface area contributed by atoms with Crippen LogP contribution in [0.2, 0.25) is 0 Å². The molecule has 0 aliphatic heterocycles. The number of rotatable bonds is 7. The third kappa shape index (κ3) is 4.86. The summed E-state index contributed by atoms with van der Waals surface area (Å²) >= 11 is 0. The molecule has 0 radical (unpaired) electrons. The molecule has 0 N–H and O–H groups in total. The quantitative estimate of drug-likeness (QED) is 0.711. The number of ether oxygens (including phenoxy) is 2. The van der Waals surface area contributed by atoms with Gasteiger partial charge < -0.3 is 14.4 Å². The minimum Gasteiger partial charge on any atom is -0.497 e. The molecule has 0 atom stereocenters. The molecule has 132 valence electrons. The lowest BCUT2D eigenvalue weighted by Crippen LogP contribution is -2.28. The molecule has 0 aliphatic carbocycles. The molecule has 0 bridgehead atoms. The summed E-state index contributed by atoms with van der Waals surface area (Å²) in [7, 11) is 3.23. The molecule has 0 saturated heterocycles. The van der Waals surface area contributed by atoms with Crippen LogP contribution >= 0.6 is 0 Å². The van der Waals surface area contributed by atoms with Crippen molar-refractivity contribution in [2.75, 3.05) is 20.8 Å². The Hall–Kier alpha value is -2.75. The SMILES string of the molecule is CCN(Cc1ccccc1)C(=O)/C=C(\C)c1ccc(OC)cc1OC. The molecule has 0 unspecified atom stereocenters. The molecule has 4 nitrogen and oxygen atoms in total. The Bertz CT molecular complexity index is 738. The lowest BCUT2D eigenvalue weighted by Gasteiger charge is -2.20. The van der Waals surface area contributed by atoms with Gasteiger partial charge in [0.2, 0.25) is 5.91 Å². The van der Waals surface area contributed by atoms with Gasteiger partial charge in [-0.2, -0.15) is 0 Å². The van der Waals surface area contributed by atoms with Gasteiger partial charge in [0.15, 0.2) is 0 Å². The average Bonchev–Trinajstić information content (AvgIpc) is 2.66. The number of methoxy groups -OCH3 is 2. The van der Waals surface area contributed by atoms with Crippen molar-refractivity contribution in [2.45, 2.75) is 20.4 Å². The number of allylic oxidation sites excluding steroid dienone is 1. The van der Waals surface area contributed by atoms with Crippen molar-refractivity contribution in [1.82, 2.24) is 4.90 Å². The van der Waals surface area contributed by atoms with Crippen LogP contribution in [0.1, 0.15) is 25.0 Å². The minimum atomic E-state index is -0.0123. The third-order valence-electron chi connectivity index (χ3n) is 4.08. The highest BCUT2D eigenvalue weighted by Gasteiger charge is 2.13. The van der Waals surface area contributed by atoms with Gasteiger partial charge in [0.1, 0.15) is 11.5 Å². The smallest absolute Gasteiger partial charge is 0.247 e. The zero-order valence-electron chi connectivity index (χ0n) is 15.3. The summed E-state index contributed by atoms with van der Waals surface area (Å²) < 4.78 is 10.6. The molecule has 0 spiro atoms. The first-order valence-corrected chi connectivity index (χ1v) is 8.32. The van der Waals surface area contributed by atoms with Crippen LogP contribution in [-0.2, 0) is 11.3 Å². The van der Waals surface area contributed by atoms with Crippen LogP contribution in [0.3, 0.4) is 0 Å². The Morgan fingerprint density at radius 2 is 1.80 bits per heavy atom. The molecule has 0 fully saturated rings. The zero-order chi connectivity index (χ0) is 18.2. The van der Waals surface area contributed by atoms with E-state index in [1.807, 2.05) is 67.3 Å². The van der Waals surface area contributed by atoms with E-state index >= 15 is 0 Å². The van der Waals surface area contributed by atoms with E-state index in [-0.39, 0.29) is 5.91 Å². The van der Waals surface area contributed by atoms with Crippen molar-refractivity contribution in [3.63, 3.8) is 0 Å². The van der Waals surface area contributed by atoms with Crippen LogP contribution in [0.15, 0.2) is 54.6 Å². The highest BCUT2D eigenvalue weighted by Crippen LogP contribution is 2.30. The van der Waals surface area contributed by atoms with Gasteiger partial charge in [0.25, 0.3) is 0 Å². The minimum absolute atomic E-state index is 0.0123. The fourth-order valence-electron chi connectivity index (χ4n) is 2.63. The predicted octanol–water partition coefficient (Wildman–Crippen LogP) is 4.16. The Kier molecular flexibility index (Phi) is 6.63. The van der Waals surface area contributed by atoms with E-state index in [0.29, 0.717) is 18.8 Å². The van der Waals surface area contributed by atoms with Crippen LogP contribution in [0, 0.1) is 0 Å². The summed E-state index contributed by atoms with van der Waals surface area (Å²) in [4.78, 5) is 14.5. The van der Waals surface area contributed by atoms with Gasteiger partial charge in [-0.3, -0.25) is 4.79 Å². The average molecular weight is 339 g/mol. The molecule has 0 heterocycles. The van der Waals surface area contributed by atoms with Crippen LogP contribution in [0.4, 0.5) is 0 Å². The van der Waals surface area contributed by atoms with Crippen molar-refractivity contribution in [2.24, 2.45) is 0 Å². The second-order valence-corrected chi connectivity index (χ2v) is 5.73. The number of benzene rings is 2. The van der Waals surface area contributed by atoms with Crippen molar-refractivity contribution >= 4 is 11.5 Å². The largest absolute Gasteiger partial charge is 0.497 e. The highest BCUT2D eigenvalue weighted by molar-refractivity contribution is 5.95. The summed E-state index contributed by atoms with van der Waals surface area (Å²) in [6.45, 7) is 5.15. The topological polar surface area (TPSA) is 38.8 Å². The molecule has 0 aromatic heterocycles. The Balaban J connectivity index is 2.21. The lowest BCUT2D eigenvalue weighted by atomic mass is 10.1. The molecule has 25 heavy (non-hydrogen) atoms. The summed E-state index contributed by atoms with van der Waals surface area (Å²) in [5, 5.41) is 0. The van der Waals surface area contributed by atoms with E-state index in [2.05, 4.69) is 0 Å². The lowest BCUT2D eigenvalue weighted by molar-refractivity contribution is -0.126. The van der Waals surface area contributed by atoms with Crippen molar-refractivity contribution in [1.29, 1.82) is 0 Å². The molecular weight excluding hydrogens is 314 g/mol. The van der Waals surface area contributed by atoms with Crippen molar-refractivity contribution in [3.05, 3.63) is 65.7 Å². The second-order valence-electron chi connectivity index (χ2n) is 5.73. The fraction of sp³-hybridized carbons (Fsp3) is 0.286. The van der Waals surface area contributed by atoms with Crippen LogP contribution in [0.25, 0.3) is 5.57 Å². The van der Waals surface area contributed by atoms with Crippen LogP contribution < -0.4 is 9.47 Å². The van der Waals surface area contributed by atoms with Crippen molar-refractivity contribution < 1.29 is 14.3 Å². The molecule has 2 rings (SSSR count). The van der Waals surface area contributed by atoms with Gasteiger partial charge in [-0.1, -0.05) is 30.3 Å². The van der Waals surface area contributed by atoms with E-state index in [9.17, 15) is 4.79 Å². The number of amides is 1. The monoisotopic (exact) mass is 339 g/mol. The first kappa shape index (κ1) is 18.6. The second kappa shape index (κ2) is 8.92. The molecule has 0 saturated carbocycles. The summed E-state index contributed by atoms with van der Waals surface area (Å²) in [5.74, 6) is 1.40. The standard InChI is InChI=1S/C21H25NO3/c1-5-22(15-17-9-7-6-8-10-17)21(23)13-16(2)19-12-11-18(24-3)14-20(19)25-4/h6-14H,5,15H2,1-4H3/b16-13+. The Labute approximate surface area is 149 Å². The predicted molar refractivity (Wildman–Crippen MR) is 101 cm³/mol. The van der Waals surface area contributed by atoms with Gasteiger partial charge in [-0.05, 0) is 37.1 Å². The summed E-state index contributed by atoms with van der Waals surface area (Å²) in [6.07, 6.45) is 1.66. The maximum absolute atomic E-state index is 12.7. The van der Waals surface area contributed by atoms with Crippen molar-refractivity contribution in [3.8, 4) is 11.5 Å². The number of carbonyl (C=O) groups is 1. The van der Waals surface area contributed by atoms with E-state index in [1.165, 1.54) is 0 Å². The first-order valence-electron chi connectivity index (χ1n) is 8.32. The first-order chi connectivity index (χ1) is 12.1. The molecule has 2 aromatic carbocycles. The van der Waals surface area contributed by atoms with E-state index in [4.69, 9.17) is 9.47 Å². The van der Waals surface area contributed by atoms with Gasteiger partial charge in [0, 0.05) is 30.8 Å². The number of carbonyl (C=O) groups excluding carboxylic acids is 1. The molecular formula is C21H25NO3. The van der Waals surface area contributed by atoms with E-state index in [0.717, 1.165) is 22.4 Å². The summed E-state index contributed by atoms with van der Waals surface area (Å²) in [5.41, 5.74) is 2.86. The van der Waals surface area contributed by atoms with E-state index < -0.39 is 0 Å². The highest BCUT2D eigenvalue weighted by atomic mass is 16.5. The number of likely N-dealkylation sites (N-methyl/N-ethyl adjacent to an activating group) is 1. The Morgan fingerprint density at radius 3 is 2.40 bits per heavy atom. The van der Waals surface area contributed by atoms with Gasteiger partial charge in [0.05, 0.1) is 14.2 Å². The molecule has 4 heteroatoms. The maximum atomic E-state index is 12.7. The zero-order valence-corrected chi connectivity index (χ0v) is 15.3. The molecule has 1 amide bonds. The molecule has 2 aromatic rings. The van der Waals surface area contributed by atoms with Crippen LogP contribution in [-0.4, -0.2) is 31.6 Å². The number of hydrogen-bond donors (Lipinski definition) is 0. The Morgan fingerprint density at radius 1 is 1.08 bits per heavy atom. The van der Waals surface area contributed by atoms with Crippen LogP contribution in [0.5, 0.6) is 11.5 Å². The summed E-state index contributed by atoms with van der Waals surface area (Å²) in [6, 6.07) is 15.6. The number of hydrogen-bond acceptors (Lipinski definition) is 3. The fourth-order valence-corrected chi connectivity index (χ4v) is 2.63. The van der Waals surface area contributed by atoms with E-state index in [1.54, 1.807) is 20.3 Å². The molecule has 0 aliphatic rings. The third-order valence-corrected chi connectivity index (χ3v) is 4.08. The van der Waals surface area contributed by atoms with Gasteiger partial charge >= 0.3 is 0 Å². The number of nitrogens with zero attached hydrogens (tertiary/aromatic N) is 1. The normalized spacial score (nSPS) is 11.1.